The van der Waals surface area contributed by atoms with E-state index < -0.39 is 0 Å². The standard InChI is InChI=1S/C14H21BrN2O/c1-10-9-11(15)5-6-12(10)16-8-7-13(18)17-14(2,3)4/h5-6,9,16H,7-8H2,1-4H3,(H,17,18). The van der Waals surface area contributed by atoms with E-state index in [1.165, 1.54) is 5.56 Å². The lowest BCUT2D eigenvalue weighted by molar-refractivity contribution is -0.122. The molecule has 0 aliphatic rings. The molecule has 0 fully saturated rings. The molecule has 3 nitrogen and oxygen atoms in total. The summed E-state index contributed by atoms with van der Waals surface area (Å²) in [4.78, 5) is 11.6. The van der Waals surface area contributed by atoms with Gasteiger partial charge in [0.25, 0.3) is 0 Å². The van der Waals surface area contributed by atoms with Crippen molar-refractivity contribution in [3.05, 3.63) is 28.2 Å². The second-order valence-corrected chi connectivity index (χ2v) is 6.35. The molecule has 0 atom stereocenters. The smallest absolute Gasteiger partial charge is 0.222 e. The van der Waals surface area contributed by atoms with Gasteiger partial charge >= 0.3 is 0 Å². The van der Waals surface area contributed by atoms with E-state index >= 15 is 0 Å². The van der Waals surface area contributed by atoms with Crippen LogP contribution in [0.1, 0.15) is 32.8 Å². The van der Waals surface area contributed by atoms with E-state index in [1.807, 2.05) is 39.8 Å². The molecule has 0 bridgehead atoms. The summed E-state index contributed by atoms with van der Waals surface area (Å²) in [7, 11) is 0. The summed E-state index contributed by atoms with van der Waals surface area (Å²) >= 11 is 3.43. The molecule has 0 aromatic heterocycles. The highest BCUT2D eigenvalue weighted by Gasteiger charge is 2.12. The van der Waals surface area contributed by atoms with E-state index in [0.717, 1.165) is 10.2 Å². The Kier molecular flexibility index (Phi) is 5.20. The summed E-state index contributed by atoms with van der Waals surface area (Å²) in [6.45, 7) is 8.64. The summed E-state index contributed by atoms with van der Waals surface area (Å²) in [6.07, 6.45) is 0.479. The van der Waals surface area contributed by atoms with Crippen molar-refractivity contribution in [1.29, 1.82) is 0 Å². The number of hydrogen-bond donors (Lipinski definition) is 2. The summed E-state index contributed by atoms with van der Waals surface area (Å²) in [6, 6.07) is 6.06. The van der Waals surface area contributed by atoms with Gasteiger partial charge in [0.05, 0.1) is 0 Å². The summed E-state index contributed by atoms with van der Waals surface area (Å²) in [5.74, 6) is 0.0739. The van der Waals surface area contributed by atoms with Crippen molar-refractivity contribution in [2.24, 2.45) is 0 Å². The molecule has 0 saturated heterocycles. The van der Waals surface area contributed by atoms with Crippen LogP contribution in [0.4, 0.5) is 5.69 Å². The van der Waals surface area contributed by atoms with Crippen molar-refractivity contribution >= 4 is 27.5 Å². The first-order valence-corrected chi connectivity index (χ1v) is 6.88. The van der Waals surface area contributed by atoms with Gasteiger partial charge in [0.1, 0.15) is 0 Å². The first-order chi connectivity index (χ1) is 8.28. The number of halogens is 1. The van der Waals surface area contributed by atoms with E-state index in [2.05, 4.69) is 32.6 Å². The Balaban J connectivity index is 2.40. The summed E-state index contributed by atoms with van der Waals surface area (Å²) in [5.41, 5.74) is 2.08. The third-order valence-electron chi connectivity index (χ3n) is 2.37. The molecule has 2 N–H and O–H groups in total. The molecule has 1 aromatic carbocycles. The highest BCUT2D eigenvalue weighted by molar-refractivity contribution is 9.10. The number of rotatable bonds is 4. The van der Waals surface area contributed by atoms with Gasteiger partial charge in [0.2, 0.25) is 5.91 Å². The Bertz CT molecular complexity index is 424. The minimum atomic E-state index is -0.162. The molecule has 100 valence electrons. The fourth-order valence-electron chi connectivity index (χ4n) is 1.62. The van der Waals surface area contributed by atoms with E-state index in [9.17, 15) is 4.79 Å². The van der Waals surface area contributed by atoms with Crippen LogP contribution in [0.15, 0.2) is 22.7 Å². The number of carbonyl (C=O) groups is 1. The van der Waals surface area contributed by atoms with Gasteiger partial charge in [-0.2, -0.15) is 0 Å². The number of benzene rings is 1. The number of amides is 1. The number of anilines is 1. The van der Waals surface area contributed by atoms with E-state index in [-0.39, 0.29) is 11.4 Å². The van der Waals surface area contributed by atoms with Crippen LogP contribution in [0.3, 0.4) is 0 Å². The topological polar surface area (TPSA) is 41.1 Å². The van der Waals surface area contributed by atoms with Gasteiger partial charge in [-0.3, -0.25) is 4.79 Å². The largest absolute Gasteiger partial charge is 0.384 e. The van der Waals surface area contributed by atoms with Crippen molar-refractivity contribution in [3.8, 4) is 0 Å². The molecule has 0 heterocycles. The lowest BCUT2D eigenvalue weighted by atomic mass is 10.1. The van der Waals surface area contributed by atoms with Crippen molar-refractivity contribution in [2.75, 3.05) is 11.9 Å². The zero-order valence-corrected chi connectivity index (χ0v) is 13.0. The third-order valence-corrected chi connectivity index (χ3v) is 2.86. The molecule has 0 aliphatic carbocycles. The normalized spacial score (nSPS) is 11.2. The van der Waals surface area contributed by atoms with Crippen molar-refractivity contribution in [1.82, 2.24) is 5.32 Å². The molecule has 18 heavy (non-hydrogen) atoms. The first kappa shape index (κ1) is 15.0. The second-order valence-electron chi connectivity index (χ2n) is 5.43. The average Bonchev–Trinajstić information content (AvgIpc) is 2.18. The number of aryl methyl sites for hydroxylation is 1. The number of nitrogens with one attached hydrogen (secondary N) is 2. The van der Waals surface area contributed by atoms with Gasteiger partial charge in [-0.1, -0.05) is 15.9 Å². The van der Waals surface area contributed by atoms with Crippen LogP contribution in [-0.2, 0) is 4.79 Å². The minimum absolute atomic E-state index is 0.0739. The summed E-state index contributed by atoms with van der Waals surface area (Å²) < 4.78 is 1.07. The van der Waals surface area contributed by atoms with E-state index in [4.69, 9.17) is 0 Å². The van der Waals surface area contributed by atoms with Gasteiger partial charge in [-0.25, -0.2) is 0 Å². The van der Waals surface area contributed by atoms with Crippen LogP contribution in [0, 0.1) is 6.92 Å². The van der Waals surface area contributed by atoms with Crippen molar-refractivity contribution in [2.45, 2.75) is 39.7 Å². The van der Waals surface area contributed by atoms with Crippen LogP contribution in [0.2, 0.25) is 0 Å². The fraction of sp³-hybridized carbons (Fsp3) is 0.500. The molecular formula is C14H21BrN2O. The van der Waals surface area contributed by atoms with E-state index in [0.29, 0.717) is 13.0 Å². The molecule has 0 saturated carbocycles. The quantitative estimate of drug-likeness (QED) is 0.893. The lowest BCUT2D eigenvalue weighted by Gasteiger charge is -2.20. The van der Waals surface area contributed by atoms with Gasteiger partial charge in [0, 0.05) is 28.7 Å². The Hall–Kier alpha value is -1.03. The second kappa shape index (κ2) is 6.23. The van der Waals surface area contributed by atoms with Gasteiger partial charge < -0.3 is 10.6 Å². The predicted molar refractivity (Wildman–Crippen MR) is 79.9 cm³/mol. The zero-order chi connectivity index (χ0) is 13.8. The van der Waals surface area contributed by atoms with E-state index in [1.54, 1.807) is 0 Å². The predicted octanol–water partition coefficient (Wildman–Crippen LogP) is 3.47. The highest BCUT2D eigenvalue weighted by Crippen LogP contribution is 2.19. The SMILES string of the molecule is Cc1cc(Br)ccc1NCCC(=O)NC(C)(C)C. The average molecular weight is 313 g/mol. The van der Waals surface area contributed by atoms with Crippen LogP contribution in [-0.4, -0.2) is 18.0 Å². The molecule has 0 aliphatic heterocycles. The molecule has 1 aromatic rings. The maximum absolute atomic E-state index is 11.6. The molecule has 0 radical (unpaired) electrons. The van der Waals surface area contributed by atoms with Crippen LogP contribution in [0.5, 0.6) is 0 Å². The first-order valence-electron chi connectivity index (χ1n) is 6.09. The molecule has 1 rings (SSSR count). The molecule has 0 unspecified atom stereocenters. The molecular weight excluding hydrogens is 292 g/mol. The van der Waals surface area contributed by atoms with Crippen molar-refractivity contribution < 1.29 is 4.79 Å². The van der Waals surface area contributed by atoms with Crippen LogP contribution in [0.25, 0.3) is 0 Å². The maximum atomic E-state index is 11.6. The Labute approximate surface area is 117 Å². The summed E-state index contributed by atoms with van der Waals surface area (Å²) in [5, 5.41) is 6.22. The van der Waals surface area contributed by atoms with Gasteiger partial charge in [-0.05, 0) is 51.5 Å². The fourth-order valence-corrected chi connectivity index (χ4v) is 2.09. The maximum Gasteiger partial charge on any atom is 0.222 e. The van der Waals surface area contributed by atoms with Crippen LogP contribution >= 0.6 is 15.9 Å². The highest BCUT2D eigenvalue weighted by atomic mass is 79.9. The molecule has 0 spiro atoms. The number of carbonyl (C=O) groups excluding carboxylic acids is 1. The third kappa shape index (κ3) is 5.54. The molecule has 1 amide bonds. The van der Waals surface area contributed by atoms with Gasteiger partial charge in [-0.15, -0.1) is 0 Å². The minimum Gasteiger partial charge on any atom is -0.384 e. The lowest BCUT2D eigenvalue weighted by Crippen LogP contribution is -2.41. The Morgan fingerprint density at radius 3 is 2.56 bits per heavy atom. The molecule has 4 heteroatoms. The van der Waals surface area contributed by atoms with Crippen LogP contribution < -0.4 is 10.6 Å². The Morgan fingerprint density at radius 1 is 1.33 bits per heavy atom. The number of hydrogen-bond acceptors (Lipinski definition) is 2. The zero-order valence-electron chi connectivity index (χ0n) is 11.4. The van der Waals surface area contributed by atoms with Gasteiger partial charge in [0.15, 0.2) is 0 Å². The monoisotopic (exact) mass is 312 g/mol. The Morgan fingerprint density at radius 2 is 2.00 bits per heavy atom. The van der Waals surface area contributed by atoms with Crippen molar-refractivity contribution in [3.63, 3.8) is 0 Å².